The van der Waals surface area contributed by atoms with Crippen LogP contribution in [0.5, 0.6) is 0 Å². The monoisotopic (exact) mass is 277 g/mol. The SMILES string of the molecule is C=C(C=CC)C=C1C(N)=NC=C(F)N1CC(C)CCC. The van der Waals surface area contributed by atoms with E-state index in [1.807, 2.05) is 19.1 Å². The number of rotatable bonds is 6. The minimum Gasteiger partial charge on any atom is -0.382 e. The molecule has 110 valence electrons. The Balaban J connectivity index is 3.00. The molecule has 0 aromatic carbocycles. The highest BCUT2D eigenvalue weighted by Crippen LogP contribution is 2.23. The zero-order valence-corrected chi connectivity index (χ0v) is 12.6. The van der Waals surface area contributed by atoms with Gasteiger partial charge >= 0.3 is 0 Å². The van der Waals surface area contributed by atoms with E-state index in [-0.39, 0.29) is 5.95 Å². The van der Waals surface area contributed by atoms with E-state index in [0.717, 1.165) is 18.4 Å². The molecular weight excluding hydrogens is 253 g/mol. The van der Waals surface area contributed by atoms with Crippen LogP contribution in [0.25, 0.3) is 0 Å². The molecule has 0 saturated carbocycles. The lowest BCUT2D eigenvalue weighted by Crippen LogP contribution is -2.35. The van der Waals surface area contributed by atoms with Crippen LogP contribution in [0.4, 0.5) is 4.39 Å². The number of aliphatic imine (C=N–C) groups is 1. The van der Waals surface area contributed by atoms with E-state index in [2.05, 4.69) is 25.4 Å². The summed E-state index contributed by atoms with van der Waals surface area (Å²) in [5.74, 6) is 0.325. The van der Waals surface area contributed by atoms with Crippen molar-refractivity contribution in [3.05, 3.63) is 48.2 Å². The fraction of sp³-hybridized carbons (Fsp3) is 0.438. The Morgan fingerprint density at radius 3 is 2.90 bits per heavy atom. The molecule has 0 aromatic heterocycles. The van der Waals surface area contributed by atoms with Crippen molar-refractivity contribution in [2.24, 2.45) is 16.6 Å². The van der Waals surface area contributed by atoms with Crippen molar-refractivity contribution in [3.8, 4) is 0 Å². The molecule has 3 nitrogen and oxygen atoms in total. The van der Waals surface area contributed by atoms with Crippen LogP contribution in [0.3, 0.4) is 0 Å². The highest BCUT2D eigenvalue weighted by Gasteiger charge is 2.23. The van der Waals surface area contributed by atoms with Crippen molar-refractivity contribution >= 4 is 5.84 Å². The van der Waals surface area contributed by atoms with Crippen LogP contribution >= 0.6 is 0 Å². The van der Waals surface area contributed by atoms with Gasteiger partial charge in [0.15, 0.2) is 0 Å². The van der Waals surface area contributed by atoms with Gasteiger partial charge in [0, 0.05) is 6.54 Å². The van der Waals surface area contributed by atoms with E-state index in [1.54, 1.807) is 11.0 Å². The Labute approximate surface area is 121 Å². The maximum absolute atomic E-state index is 14.0. The molecule has 1 unspecified atom stereocenters. The lowest BCUT2D eigenvalue weighted by molar-refractivity contribution is 0.285. The molecule has 1 rings (SSSR count). The molecule has 0 aliphatic carbocycles. The number of nitrogens with two attached hydrogens (primary N) is 1. The quantitative estimate of drug-likeness (QED) is 0.591. The fourth-order valence-corrected chi connectivity index (χ4v) is 2.18. The highest BCUT2D eigenvalue weighted by molar-refractivity contribution is 5.98. The van der Waals surface area contributed by atoms with Crippen molar-refractivity contribution in [3.63, 3.8) is 0 Å². The zero-order valence-electron chi connectivity index (χ0n) is 12.6. The molecule has 0 bridgehead atoms. The van der Waals surface area contributed by atoms with E-state index >= 15 is 0 Å². The lowest BCUT2D eigenvalue weighted by Gasteiger charge is -2.29. The molecular formula is C16H24FN3. The number of hydrogen-bond acceptors (Lipinski definition) is 3. The average molecular weight is 277 g/mol. The van der Waals surface area contributed by atoms with Crippen molar-refractivity contribution in [2.45, 2.75) is 33.6 Å². The lowest BCUT2D eigenvalue weighted by atomic mass is 10.0. The van der Waals surface area contributed by atoms with Gasteiger partial charge in [0.2, 0.25) is 5.95 Å². The predicted octanol–water partition coefficient (Wildman–Crippen LogP) is 3.88. The van der Waals surface area contributed by atoms with Crippen molar-refractivity contribution < 1.29 is 4.39 Å². The van der Waals surface area contributed by atoms with Gasteiger partial charge in [0.1, 0.15) is 5.84 Å². The van der Waals surface area contributed by atoms with Gasteiger partial charge in [-0.05, 0) is 30.9 Å². The van der Waals surface area contributed by atoms with Crippen LogP contribution in [0.2, 0.25) is 0 Å². The van der Waals surface area contributed by atoms with Gasteiger partial charge in [-0.15, -0.1) is 0 Å². The summed E-state index contributed by atoms with van der Waals surface area (Å²) in [6, 6.07) is 0. The second kappa shape index (κ2) is 7.68. The molecule has 0 fully saturated rings. The Kier molecular flexibility index (Phi) is 6.22. The highest BCUT2D eigenvalue weighted by atomic mass is 19.1. The molecule has 1 heterocycles. The third-order valence-electron chi connectivity index (χ3n) is 3.10. The summed E-state index contributed by atoms with van der Waals surface area (Å²) < 4.78 is 14.0. The molecule has 0 amide bonds. The summed E-state index contributed by atoms with van der Waals surface area (Å²) in [6.07, 6.45) is 8.79. The third kappa shape index (κ3) is 4.37. The molecule has 0 spiro atoms. The predicted molar refractivity (Wildman–Crippen MR) is 83.6 cm³/mol. The molecule has 0 aromatic rings. The number of amidine groups is 1. The maximum Gasteiger partial charge on any atom is 0.212 e. The number of allylic oxidation sites excluding steroid dienone is 4. The standard InChI is InChI=1S/C16H24FN3/c1-5-7-12(3)9-14-16(18)19-10-15(17)20(14)11-13(4)8-6-2/h5,7,9-10,13H,3,6,8,11H2,1-2,4H3,(H2,18,19). The molecule has 4 heteroatoms. The van der Waals surface area contributed by atoms with Gasteiger partial charge in [0.25, 0.3) is 0 Å². The summed E-state index contributed by atoms with van der Waals surface area (Å²) >= 11 is 0. The second-order valence-corrected chi connectivity index (χ2v) is 5.08. The topological polar surface area (TPSA) is 41.6 Å². The van der Waals surface area contributed by atoms with Gasteiger partial charge in [-0.2, -0.15) is 4.39 Å². The van der Waals surface area contributed by atoms with Gasteiger partial charge < -0.3 is 10.6 Å². The fourth-order valence-electron chi connectivity index (χ4n) is 2.18. The first-order valence-electron chi connectivity index (χ1n) is 6.99. The zero-order chi connectivity index (χ0) is 15.1. The minimum atomic E-state index is -0.373. The Morgan fingerprint density at radius 1 is 1.60 bits per heavy atom. The maximum atomic E-state index is 14.0. The smallest absolute Gasteiger partial charge is 0.212 e. The van der Waals surface area contributed by atoms with Crippen LogP contribution in [0, 0.1) is 5.92 Å². The van der Waals surface area contributed by atoms with Gasteiger partial charge in [-0.3, -0.25) is 0 Å². The van der Waals surface area contributed by atoms with E-state index in [9.17, 15) is 4.39 Å². The first-order valence-corrected chi connectivity index (χ1v) is 6.99. The number of hydrogen-bond donors (Lipinski definition) is 1. The second-order valence-electron chi connectivity index (χ2n) is 5.08. The summed E-state index contributed by atoms with van der Waals surface area (Å²) in [4.78, 5) is 5.47. The van der Waals surface area contributed by atoms with Crippen LogP contribution in [-0.4, -0.2) is 17.3 Å². The van der Waals surface area contributed by atoms with Crippen molar-refractivity contribution in [1.82, 2.24) is 4.90 Å². The molecule has 20 heavy (non-hydrogen) atoms. The largest absolute Gasteiger partial charge is 0.382 e. The molecule has 0 radical (unpaired) electrons. The summed E-state index contributed by atoms with van der Waals surface area (Å²) in [6.45, 7) is 10.6. The van der Waals surface area contributed by atoms with Crippen LogP contribution in [0.15, 0.2) is 53.2 Å². The number of nitrogens with zero attached hydrogens (tertiary/aromatic N) is 2. The van der Waals surface area contributed by atoms with Gasteiger partial charge in [-0.25, -0.2) is 4.99 Å². The molecule has 2 N–H and O–H groups in total. The number of halogens is 1. The molecule has 0 saturated heterocycles. The molecule has 1 atom stereocenters. The van der Waals surface area contributed by atoms with E-state index in [1.165, 1.54) is 6.20 Å². The first kappa shape index (κ1) is 16.2. The van der Waals surface area contributed by atoms with Crippen LogP contribution in [-0.2, 0) is 0 Å². The van der Waals surface area contributed by atoms with E-state index in [4.69, 9.17) is 5.73 Å². The molecule has 1 aliphatic heterocycles. The third-order valence-corrected chi connectivity index (χ3v) is 3.10. The summed E-state index contributed by atoms with van der Waals surface area (Å²) in [5.41, 5.74) is 7.24. The van der Waals surface area contributed by atoms with Gasteiger partial charge in [0.05, 0.1) is 11.9 Å². The van der Waals surface area contributed by atoms with Crippen LogP contribution in [0.1, 0.15) is 33.6 Å². The Bertz CT molecular complexity index is 472. The van der Waals surface area contributed by atoms with Crippen molar-refractivity contribution in [2.75, 3.05) is 6.54 Å². The van der Waals surface area contributed by atoms with E-state index < -0.39 is 0 Å². The molecule has 1 aliphatic rings. The average Bonchev–Trinajstić information content (AvgIpc) is 2.38. The Hall–Kier alpha value is -1.84. The summed E-state index contributed by atoms with van der Waals surface area (Å²) in [7, 11) is 0. The summed E-state index contributed by atoms with van der Waals surface area (Å²) in [5, 5.41) is 0. The van der Waals surface area contributed by atoms with E-state index in [0.29, 0.717) is 24.0 Å². The normalized spacial score (nSPS) is 19.2. The minimum absolute atomic E-state index is 0.320. The van der Waals surface area contributed by atoms with Crippen molar-refractivity contribution in [1.29, 1.82) is 0 Å². The van der Waals surface area contributed by atoms with Crippen LogP contribution < -0.4 is 5.73 Å². The Morgan fingerprint density at radius 2 is 2.30 bits per heavy atom. The first-order chi connectivity index (χ1) is 9.49. The van der Waals surface area contributed by atoms with Gasteiger partial charge in [-0.1, -0.05) is 39.0 Å².